The first kappa shape index (κ1) is 15.5. The summed E-state index contributed by atoms with van der Waals surface area (Å²) in [4.78, 5) is 31.9. The van der Waals surface area contributed by atoms with Gasteiger partial charge in [-0.3, -0.25) is 14.5 Å². The molecule has 0 aromatic heterocycles. The van der Waals surface area contributed by atoms with Crippen LogP contribution in [0, 0.1) is 5.82 Å². The number of amides is 1. The van der Waals surface area contributed by atoms with E-state index in [2.05, 4.69) is 4.99 Å². The van der Waals surface area contributed by atoms with Crippen molar-refractivity contribution in [2.75, 3.05) is 5.75 Å². The van der Waals surface area contributed by atoms with Gasteiger partial charge in [-0.2, -0.15) is 0 Å². The fraction of sp³-hybridized carbons (Fsp3) is 0.150. The molecule has 1 amide bonds. The van der Waals surface area contributed by atoms with E-state index in [9.17, 15) is 14.0 Å². The lowest BCUT2D eigenvalue weighted by atomic mass is 9.92. The van der Waals surface area contributed by atoms with Crippen LogP contribution in [0.25, 0.3) is 5.70 Å². The predicted octanol–water partition coefficient (Wildman–Crippen LogP) is 3.81. The zero-order valence-corrected chi connectivity index (χ0v) is 14.4. The molecule has 0 saturated carbocycles. The number of thioether (sulfide) groups is 1. The van der Waals surface area contributed by atoms with Crippen molar-refractivity contribution in [2.24, 2.45) is 4.99 Å². The maximum absolute atomic E-state index is 14.7. The summed E-state index contributed by atoms with van der Waals surface area (Å²) in [5.41, 5.74) is 2.58. The molecule has 1 saturated heterocycles. The van der Waals surface area contributed by atoms with Crippen LogP contribution < -0.4 is 0 Å². The second kappa shape index (κ2) is 5.64. The van der Waals surface area contributed by atoms with Crippen molar-refractivity contribution >= 4 is 34.3 Å². The predicted molar refractivity (Wildman–Crippen MR) is 98.2 cm³/mol. The van der Waals surface area contributed by atoms with Gasteiger partial charge >= 0.3 is 0 Å². The number of nitrogens with zero attached hydrogens (tertiary/aromatic N) is 2. The van der Waals surface area contributed by atoms with Gasteiger partial charge in [0.15, 0.2) is 11.0 Å². The number of carbonyl (C=O) groups is 2. The Kier molecular flexibility index (Phi) is 3.37. The molecule has 0 radical (unpaired) electrons. The third-order valence-electron chi connectivity index (χ3n) is 4.89. The van der Waals surface area contributed by atoms with Crippen molar-refractivity contribution in [1.29, 1.82) is 0 Å². The van der Waals surface area contributed by atoms with Gasteiger partial charge in [0, 0.05) is 28.9 Å². The van der Waals surface area contributed by atoms with E-state index in [-0.39, 0.29) is 11.7 Å². The first-order valence-corrected chi connectivity index (χ1v) is 9.31. The Hall–Kier alpha value is -2.73. The van der Waals surface area contributed by atoms with E-state index >= 15 is 0 Å². The lowest BCUT2D eigenvalue weighted by Crippen LogP contribution is -2.45. The van der Waals surface area contributed by atoms with Gasteiger partial charge in [0.25, 0.3) is 0 Å². The van der Waals surface area contributed by atoms with Crippen LogP contribution in [-0.4, -0.2) is 27.5 Å². The highest BCUT2D eigenvalue weighted by Crippen LogP contribution is 2.48. The maximum atomic E-state index is 14.7. The molecule has 2 aromatic rings. The van der Waals surface area contributed by atoms with Crippen LogP contribution in [0.15, 0.2) is 59.1 Å². The molecule has 6 heteroatoms. The third-order valence-corrected chi connectivity index (χ3v) is 5.84. The van der Waals surface area contributed by atoms with Gasteiger partial charge < -0.3 is 0 Å². The van der Waals surface area contributed by atoms with E-state index in [4.69, 9.17) is 0 Å². The Balaban J connectivity index is 1.79. The van der Waals surface area contributed by atoms with Crippen LogP contribution in [0.5, 0.6) is 0 Å². The summed E-state index contributed by atoms with van der Waals surface area (Å²) < 4.78 is 14.7. The summed E-state index contributed by atoms with van der Waals surface area (Å²) in [6, 6.07) is 12.8. The van der Waals surface area contributed by atoms with Crippen LogP contribution in [-0.2, 0) is 4.79 Å². The monoisotopic (exact) mass is 364 g/mol. The highest BCUT2D eigenvalue weighted by Gasteiger charge is 2.46. The van der Waals surface area contributed by atoms with Crippen LogP contribution in [0.1, 0.15) is 33.9 Å². The van der Waals surface area contributed by atoms with E-state index < -0.39 is 11.9 Å². The molecule has 2 aliphatic heterocycles. The quantitative estimate of drug-likeness (QED) is 0.773. The molecule has 3 aliphatic rings. The topological polar surface area (TPSA) is 49.7 Å². The van der Waals surface area contributed by atoms with Gasteiger partial charge in [-0.25, -0.2) is 9.38 Å². The Morgan fingerprint density at radius 1 is 1.04 bits per heavy atom. The highest BCUT2D eigenvalue weighted by molar-refractivity contribution is 8.14. The Morgan fingerprint density at radius 2 is 1.77 bits per heavy atom. The van der Waals surface area contributed by atoms with Gasteiger partial charge in [-0.1, -0.05) is 54.2 Å². The number of aliphatic imine (C=N–C) groups is 1. The van der Waals surface area contributed by atoms with Gasteiger partial charge in [-0.15, -0.1) is 0 Å². The number of benzene rings is 2. The van der Waals surface area contributed by atoms with Gasteiger partial charge in [0.2, 0.25) is 5.91 Å². The average Bonchev–Trinajstić information content (AvgIpc) is 2.94. The van der Waals surface area contributed by atoms with Gasteiger partial charge in [0.1, 0.15) is 5.82 Å². The van der Waals surface area contributed by atoms with Crippen molar-refractivity contribution in [2.45, 2.75) is 12.5 Å². The molecule has 0 N–H and O–H groups in total. The zero-order valence-electron chi connectivity index (χ0n) is 13.6. The Bertz CT molecular complexity index is 1040. The number of hydrogen-bond donors (Lipinski definition) is 0. The number of Topliss-reactive ketones (excluding diaryl/α,β-unsaturated/α-hetero) is 1. The average molecular weight is 364 g/mol. The molecule has 128 valence electrons. The number of fused-ring (bicyclic) bond motifs is 3. The summed E-state index contributed by atoms with van der Waals surface area (Å²) in [6.45, 7) is 0. The fourth-order valence-corrected chi connectivity index (χ4v) is 4.70. The smallest absolute Gasteiger partial charge is 0.230 e. The van der Waals surface area contributed by atoms with Crippen LogP contribution in [0.2, 0.25) is 0 Å². The minimum Gasteiger partial charge on any atom is -0.289 e. The highest BCUT2D eigenvalue weighted by atomic mass is 32.2. The van der Waals surface area contributed by atoms with E-state index in [0.29, 0.717) is 39.7 Å². The summed E-state index contributed by atoms with van der Waals surface area (Å²) in [5.74, 6) is -0.116. The van der Waals surface area contributed by atoms with Crippen molar-refractivity contribution in [3.63, 3.8) is 0 Å². The van der Waals surface area contributed by atoms with E-state index in [1.54, 1.807) is 30.3 Å². The third kappa shape index (κ3) is 2.05. The zero-order chi connectivity index (χ0) is 17.8. The fourth-order valence-electron chi connectivity index (χ4n) is 3.74. The van der Waals surface area contributed by atoms with Crippen LogP contribution >= 0.6 is 11.8 Å². The maximum Gasteiger partial charge on any atom is 0.230 e. The minimum atomic E-state index is -0.779. The van der Waals surface area contributed by atoms with Crippen molar-refractivity contribution in [3.8, 4) is 0 Å². The number of carbonyl (C=O) groups excluding carboxylic acids is 2. The number of hydrogen-bond acceptors (Lipinski definition) is 4. The molecule has 26 heavy (non-hydrogen) atoms. The summed E-state index contributed by atoms with van der Waals surface area (Å²) >= 11 is 1.47. The first-order chi connectivity index (χ1) is 12.7. The van der Waals surface area contributed by atoms with Crippen molar-refractivity contribution in [1.82, 2.24) is 4.90 Å². The normalized spacial score (nSPS) is 21.3. The van der Waals surface area contributed by atoms with Crippen LogP contribution in [0.4, 0.5) is 4.39 Å². The molecule has 1 unspecified atom stereocenters. The van der Waals surface area contributed by atoms with Gasteiger partial charge in [0.05, 0.1) is 17.3 Å². The second-order valence-electron chi connectivity index (χ2n) is 6.32. The van der Waals surface area contributed by atoms with Crippen molar-refractivity contribution in [3.05, 3.63) is 76.6 Å². The summed E-state index contributed by atoms with van der Waals surface area (Å²) in [5, 5.41) is 0.540. The molecular formula is C20H13FN2O2S. The Morgan fingerprint density at radius 3 is 2.58 bits per heavy atom. The number of amidine groups is 1. The van der Waals surface area contributed by atoms with E-state index in [0.717, 1.165) is 5.56 Å². The molecule has 2 aromatic carbocycles. The number of rotatable bonds is 1. The SMILES string of the molecule is O=C1C2=C(N=C3SCCC(=O)N3C2c2ccccc2F)c2ccccc21. The molecule has 5 rings (SSSR count). The van der Waals surface area contributed by atoms with Gasteiger partial charge in [-0.05, 0) is 6.07 Å². The van der Waals surface area contributed by atoms with Crippen LogP contribution in [0.3, 0.4) is 0 Å². The molecule has 2 heterocycles. The molecule has 0 bridgehead atoms. The van der Waals surface area contributed by atoms with E-state index in [1.165, 1.54) is 22.7 Å². The number of halogens is 1. The lowest BCUT2D eigenvalue weighted by Gasteiger charge is -2.38. The second-order valence-corrected chi connectivity index (χ2v) is 7.38. The molecule has 1 atom stereocenters. The van der Waals surface area contributed by atoms with E-state index in [1.807, 2.05) is 12.1 Å². The molecule has 1 aliphatic carbocycles. The summed E-state index contributed by atoms with van der Waals surface area (Å²) in [7, 11) is 0. The Labute approximate surface area is 153 Å². The molecular weight excluding hydrogens is 351 g/mol. The standard InChI is InChI=1S/C20H13FN2O2S/c21-14-8-4-3-7-13(14)18-16-17(11-5-1-2-6-12(11)19(16)25)22-20-23(18)15(24)9-10-26-20/h1-8,18H,9-10H2. The largest absolute Gasteiger partial charge is 0.289 e. The molecule has 4 nitrogen and oxygen atoms in total. The molecule has 1 fully saturated rings. The summed E-state index contributed by atoms with van der Waals surface area (Å²) in [6.07, 6.45) is 0.346. The first-order valence-electron chi connectivity index (χ1n) is 8.33. The minimum absolute atomic E-state index is 0.133. The van der Waals surface area contributed by atoms with Crippen molar-refractivity contribution < 1.29 is 14.0 Å². The number of ketones is 1. The molecule has 0 spiro atoms. The lowest BCUT2D eigenvalue weighted by molar-refractivity contribution is -0.128.